The Kier molecular flexibility index (Phi) is 2.99. The molecule has 0 heterocycles. The third-order valence-electron chi connectivity index (χ3n) is 1.50. The van der Waals surface area contributed by atoms with Crippen molar-refractivity contribution in [3.8, 4) is 0 Å². The summed E-state index contributed by atoms with van der Waals surface area (Å²) in [6, 6.07) is 6.77. The van der Waals surface area contributed by atoms with Crippen LogP contribution >= 0.6 is 0 Å². The lowest BCUT2D eigenvalue weighted by Gasteiger charge is -2.00. The van der Waals surface area contributed by atoms with Gasteiger partial charge in [0.1, 0.15) is 6.29 Å². The largest absolute Gasteiger partial charge is 0.382 e. The lowest BCUT2D eigenvalue weighted by atomic mass is 10.1. The fourth-order valence-electron chi connectivity index (χ4n) is 0.905. The number of aldehydes is 1. The molecule has 0 saturated heterocycles. The highest BCUT2D eigenvalue weighted by atomic mass is 16.1. The maximum atomic E-state index is 10.4. The highest BCUT2D eigenvalue weighted by Gasteiger charge is 1.98. The molecule has 0 aliphatic heterocycles. The molecule has 0 fully saturated rings. The molecule has 1 aromatic carbocycles. The molecule has 1 rings (SSSR count). The van der Waals surface area contributed by atoms with Gasteiger partial charge in [0, 0.05) is 11.1 Å². The number of amidine groups is 1. The fourth-order valence-corrected chi connectivity index (χ4v) is 0.905. The number of hydrazone groups is 1. The number of nitrogens with one attached hydrogen (secondary N) is 1. The second-order valence-corrected chi connectivity index (χ2v) is 2.37. The van der Waals surface area contributed by atoms with Crippen LogP contribution in [0.1, 0.15) is 15.9 Å². The van der Waals surface area contributed by atoms with Gasteiger partial charge in [0.05, 0.1) is 0 Å². The van der Waals surface area contributed by atoms with Crippen molar-refractivity contribution in [1.82, 2.24) is 5.53 Å². The van der Waals surface area contributed by atoms with Crippen LogP contribution in [-0.4, -0.2) is 12.1 Å². The number of hydrogen-bond acceptors (Lipinski definition) is 4. The first-order chi connectivity index (χ1) is 6.27. The van der Waals surface area contributed by atoms with Gasteiger partial charge in [-0.25, -0.2) is 11.4 Å². The summed E-state index contributed by atoms with van der Waals surface area (Å²) in [6.07, 6.45) is 0.743. The topological polar surface area (TPSA) is 93.5 Å². The van der Waals surface area contributed by atoms with E-state index < -0.39 is 0 Å². The molecule has 68 valence electrons. The van der Waals surface area contributed by atoms with Gasteiger partial charge in [0.25, 0.3) is 0 Å². The van der Waals surface area contributed by atoms with E-state index >= 15 is 0 Å². The molecule has 5 N–H and O–H groups in total. The van der Waals surface area contributed by atoms with Gasteiger partial charge in [-0.1, -0.05) is 18.2 Å². The molecule has 0 spiro atoms. The Labute approximate surface area is 75.4 Å². The van der Waals surface area contributed by atoms with E-state index in [1.807, 2.05) is 0 Å². The summed E-state index contributed by atoms with van der Waals surface area (Å²) in [5.41, 5.74) is 8.80. The Morgan fingerprint density at radius 1 is 1.54 bits per heavy atom. The van der Waals surface area contributed by atoms with Gasteiger partial charge in [-0.3, -0.25) is 4.79 Å². The fraction of sp³-hybridized carbons (Fsp3) is 0. The smallest absolute Gasteiger partial charge is 0.152 e. The second kappa shape index (κ2) is 4.22. The van der Waals surface area contributed by atoms with Crippen molar-refractivity contribution in [1.29, 1.82) is 0 Å². The molecule has 0 amide bonds. The second-order valence-electron chi connectivity index (χ2n) is 2.37. The van der Waals surface area contributed by atoms with Crippen molar-refractivity contribution in [3.63, 3.8) is 0 Å². The summed E-state index contributed by atoms with van der Waals surface area (Å²) >= 11 is 0. The minimum atomic E-state index is 0.242. The number of carbonyl (C=O) groups excluding carboxylic acids is 1. The Hall–Kier alpha value is -1.88. The molecule has 0 saturated carbocycles. The van der Waals surface area contributed by atoms with Crippen LogP contribution in [0.15, 0.2) is 29.4 Å². The molecule has 5 heteroatoms. The predicted octanol–water partition coefficient (Wildman–Crippen LogP) is -0.417. The lowest BCUT2D eigenvalue weighted by molar-refractivity contribution is 0.112. The van der Waals surface area contributed by atoms with Crippen LogP contribution in [0.25, 0.3) is 0 Å². The number of benzene rings is 1. The van der Waals surface area contributed by atoms with E-state index in [4.69, 9.17) is 11.6 Å². The predicted molar refractivity (Wildman–Crippen MR) is 49.9 cm³/mol. The molecule has 0 aliphatic rings. The maximum Gasteiger partial charge on any atom is 0.152 e. The summed E-state index contributed by atoms with van der Waals surface area (Å²) < 4.78 is 0. The summed E-state index contributed by atoms with van der Waals surface area (Å²) in [4.78, 5) is 10.4. The molecule has 5 nitrogen and oxygen atoms in total. The van der Waals surface area contributed by atoms with Crippen LogP contribution in [0.5, 0.6) is 0 Å². The normalized spacial score (nSPS) is 11.0. The number of hydrogen-bond donors (Lipinski definition) is 3. The SMILES string of the molecule is NN/N=C(\N)c1cccc(C=O)c1. The van der Waals surface area contributed by atoms with E-state index in [2.05, 4.69) is 10.6 Å². The number of hydrazine groups is 1. The molecule has 0 atom stereocenters. The van der Waals surface area contributed by atoms with Gasteiger partial charge in [-0.05, 0) is 6.07 Å². The van der Waals surface area contributed by atoms with Crippen molar-refractivity contribution in [2.24, 2.45) is 16.7 Å². The quantitative estimate of drug-likeness (QED) is 0.193. The number of nitrogens with two attached hydrogens (primary N) is 2. The van der Waals surface area contributed by atoms with Gasteiger partial charge < -0.3 is 5.73 Å². The van der Waals surface area contributed by atoms with E-state index in [0.717, 1.165) is 6.29 Å². The van der Waals surface area contributed by atoms with E-state index in [9.17, 15) is 4.79 Å². The van der Waals surface area contributed by atoms with Crippen molar-refractivity contribution in [2.45, 2.75) is 0 Å². The monoisotopic (exact) mass is 178 g/mol. The lowest BCUT2D eigenvalue weighted by Crippen LogP contribution is -2.23. The van der Waals surface area contributed by atoms with Crippen LogP contribution in [0, 0.1) is 0 Å². The van der Waals surface area contributed by atoms with Crippen LogP contribution in [0.3, 0.4) is 0 Å². The molecular weight excluding hydrogens is 168 g/mol. The van der Waals surface area contributed by atoms with Crippen LogP contribution < -0.4 is 17.1 Å². The molecule has 0 radical (unpaired) electrons. The number of carbonyl (C=O) groups is 1. The van der Waals surface area contributed by atoms with Gasteiger partial charge in [0.2, 0.25) is 0 Å². The Morgan fingerprint density at radius 2 is 2.31 bits per heavy atom. The number of nitrogens with zero attached hydrogens (tertiary/aromatic N) is 1. The van der Waals surface area contributed by atoms with Crippen molar-refractivity contribution >= 4 is 12.1 Å². The minimum Gasteiger partial charge on any atom is -0.382 e. The summed E-state index contributed by atoms with van der Waals surface area (Å²) in [6.45, 7) is 0. The summed E-state index contributed by atoms with van der Waals surface area (Å²) in [7, 11) is 0. The first-order valence-corrected chi connectivity index (χ1v) is 3.62. The molecule has 1 aromatic rings. The zero-order valence-corrected chi connectivity index (χ0v) is 6.90. The molecule has 13 heavy (non-hydrogen) atoms. The molecule has 0 aliphatic carbocycles. The van der Waals surface area contributed by atoms with E-state index in [-0.39, 0.29) is 5.84 Å². The van der Waals surface area contributed by atoms with Gasteiger partial charge in [-0.2, -0.15) is 0 Å². The molecule has 0 aromatic heterocycles. The zero-order chi connectivity index (χ0) is 9.68. The molecule has 0 unspecified atom stereocenters. The Balaban J connectivity index is 3.01. The zero-order valence-electron chi connectivity index (χ0n) is 6.90. The van der Waals surface area contributed by atoms with E-state index in [1.54, 1.807) is 24.3 Å². The third kappa shape index (κ3) is 2.28. The van der Waals surface area contributed by atoms with Crippen LogP contribution in [0.4, 0.5) is 0 Å². The van der Waals surface area contributed by atoms with Crippen LogP contribution in [-0.2, 0) is 0 Å². The van der Waals surface area contributed by atoms with Crippen molar-refractivity contribution < 1.29 is 4.79 Å². The highest BCUT2D eigenvalue weighted by Crippen LogP contribution is 2.02. The van der Waals surface area contributed by atoms with Gasteiger partial charge >= 0.3 is 0 Å². The van der Waals surface area contributed by atoms with Crippen LogP contribution in [0.2, 0.25) is 0 Å². The average molecular weight is 178 g/mol. The molecular formula is C8H10N4O. The summed E-state index contributed by atoms with van der Waals surface area (Å²) in [5, 5.41) is 3.58. The minimum absolute atomic E-state index is 0.242. The van der Waals surface area contributed by atoms with Crippen molar-refractivity contribution in [2.75, 3.05) is 0 Å². The van der Waals surface area contributed by atoms with Crippen molar-refractivity contribution in [3.05, 3.63) is 35.4 Å². The highest BCUT2D eigenvalue weighted by molar-refractivity contribution is 5.98. The van der Waals surface area contributed by atoms with Gasteiger partial charge in [0.15, 0.2) is 5.84 Å². The maximum absolute atomic E-state index is 10.4. The standard InChI is InChI=1S/C8H10N4O/c9-8(11-12-10)7-3-1-2-6(4-7)5-13/h1-5,12H,10H2,(H2,9,11). The average Bonchev–Trinajstić information content (AvgIpc) is 2.18. The Morgan fingerprint density at radius 3 is 2.92 bits per heavy atom. The Bertz CT molecular complexity index is 335. The number of rotatable bonds is 3. The summed E-state index contributed by atoms with van der Waals surface area (Å²) in [5.74, 6) is 5.19. The first-order valence-electron chi connectivity index (χ1n) is 3.62. The third-order valence-corrected chi connectivity index (χ3v) is 1.50. The van der Waals surface area contributed by atoms with E-state index in [1.165, 1.54) is 0 Å². The van der Waals surface area contributed by atoms with Gasteiger partial charge in [-0.15, -0.1) is 5.10 Å². The first kappa shape index (κ1) is 9.21. The molecule has 0 bridgehead atoms. The van der Waals surface area contributed by atoms with E-state index in [0.29, 0.717) is 11.1 Å².